The van der Waals surface area contributed by atoms with Crippen LogP contribution in [0.15, 0.2) is 60.9 Å². The lowest BCUT2D eigenvalue weighted by Gasteiger charge is -2.25. The van der Waals surface area contributed by atoms with Gasteiger partial charge in [0.15, 0.2) is 0 Å². The van der Waals surface area contributed by atoms with Crippen LogP contribution in [-0.2, 0) is 12.1 Å². The van der Waals surface area contributed by atoms with Crippen LogP contribution in [0.2, 0.25) is 0 Å². The molecule has 1 fully saturated rings. The number of carbonyl (C=O) groups excluding carboxylic acids is 1. The molecule has 0 saturated carbocycles. The highest BCUT2D eigenvalue weighted by Crippen LogP contribution is 2.34. The van der Waals surface area contributed by atoms with Crippen LogP contribution in [0.1, 0.15) is 34.8 Å². The van der Waals surface area contributed by atoms with E-state index in [0.29, 0.717) is 25.1 Å². The normalized spacial score (nSPS) is 19.2. The number of hydrogen-bond donors (Lipinski definition) is 1. The van der Waals surface area contributed by atoms with Gasteiger partial charge >= 0.3 is 0 Å². The van der Waals surface area contributed by atoms with Crippen LogP contribution in [0.25, 0.3) is 11.1 Å². The maximum absolute atomic E-state index is 13.1. The quantitative estimate of drug-likeness (QED) is 0.758. The average Bonchev–Trinajstić information content (AvgIpc) is 3.35. The van der Waals surface area contributed by atoms with Crippen molar-refractivity contribution in [2.24, 2.45) is 0 Å². The monoisotopic (exact) mass is 375 g/mol. The lowest BCUT2D eigenvalue weighted by molar-refractivity contribution is 0.0412. The van der Waals surface area contributed by atoms with Gasteiger partial charge in [-0.05, 0) is 49.1 Å². The number of benzene rings is 2. The third kappa shape index (κ3) is 3.34. The Labute approximate surface area is 165 Å². The maximum atomic E-state index is 13.1. The lowest BCUT2D eigenvalue weighted by atomic mass is 9.89. The summed E-state index contributed by atoms with van der Waals surface area (Å²) in [6.07, 6.45) is 4.35. The Morgan fingerprint density at radius 2 is 2.00 bits per heavy atom. The van der Waals surface area contributed by atoms with Gasteiger partial charge in [-0.15, -0.1) is 0 Å². The van der Waals surface area contributed by atoms with E-state index in [-0.39, 0.29) is 5.91 Å². The second kappa shape index (κ2) is 7.24. The number of nitrogens with zero attached hydrogens (tertiary/aromatic N) is 3. The minimum Gasteiger partial charge on any atom is -0.383 e. The topological polar surface area (TPSA) is 58.4 Å². The zero-order chi connectivity index (χ0) is 19.7. The molecule has 5 heteroatoms. The van der Waals surface area contributed by atoms with Gasteiger partial charge in [0.1, 0.15) is 5.60 Å². The van der Waals surface area contributed by atoms with E-state index >= 15 is 0 Å². The number of carbonyl (C=O) groups is 1. The standard InChI is InChI=1S/C23H25N3O2/c1-3-26-15-20(14-24-26)18-8-6-9-19(13-18)22(27)25-12-11-23(28,16-25)21-10-5-4-7-17(21)2/h4-10,13-15,28H,3,11-12,16H2,1-2H3/t23-/m0/s1. The number of aromatic nitrogens is 2. The van der Waals surface area contributed by atoms with Crippen LogP contribution in [-0.4, -0.2) is 38.8 Å². The van der Waals surface area contributed by atoms with Gasteiger partial charge in [-0.25, -0.2) is 0 Å². The summed E-state index contributed by atoms with van der Waals surface area (Å²) in [5.41, 5.74) is 3.57. The highest BCUT2D eigenvalue weighted by atomic mass is 16.3. The Balaban J connectivity index is 1.56. The Morgan fingerprint density at radius 3 is 2.75 bits per heavy atom. The molecule has 0 radical (unpaired) electrons. The van der Waals surface area contributed by atoms with E-state index in [1.807, 2.05) is 79.5 Å². The molecule has 1 aromatic heterocycles. The van der Waals surface area contributed by atoms with Crippen molar-refractivity contribution in [1.82, 2.24) is 14.7 Å². The molecule has 1 amide bonds. The molecule has 0 unspecified atom stereocenters. The van der Waals surface area contributed by atoms with E-state index < -0.39 is 5.60 Å². The van der Waals surface area contributed by atoms with Crippen molar-refractivity contribution in [3.8, 4) is 11.1 Å². The van der Waals surface area contributed by atoms with Gasteiger partial charge in [-0.3, -0.25) is 9.48 Å². The average molecular weight is 375 g/mol. The minimum absolute atomic E-state index is 0.0470. The van der Waals surface area contributed by atoms with E-state index in [4.69, 9.17) is 0 Å². The molecule has 1 saturated heterocycles. The Bertz CT molecular complexity index is 1010. The largest absolute Gasteiger partial charge is 0.383 e. The van der Waals surface area contributed by atoms with Gasteiger partial charge in [0.25, 0.3) is 5.91 Å². The van der Waals surface area contributed by atoms with Crippen LogP contribution in [0.4, 0.5) is 0 Å². The zero-order valence-corrected chi connectivity index (χ0v) is 16.3. The van der Waals surface area contributed by atoms with Crippen LogP contribution in [0.5, 0.6) is 0 Å². The second-order valence-corrected chi connectivity index (χ2v) is 7.49. The second-order valence-electron chi connectivity index (χ2n) is 7.49. The number of aliphatic hydroxyl groups is 1. The van der Waals surface area contributed by atoms with Crippen LogP contribution < -0.4 is 0 Å². The molecule has 2 heterocycles. The molecule has 0 aliphatic carbocycles. The molecule has 1 atom stereocenters. The molecular formula is C23H25N3O2. The number of aryl methyl sites for hydroxylation is 2. The fraction of sp³-hybridized carbons (Fsp3) is 0.304. The summed E-state index contributed by atoms with van der Waals surface area (Å²) in [5, 5.41) is 15.5. The summed E-state index contributed by atoms with van der Waals surface area (Å²) in [7, 11) is 0. The van der Waals surface area contributed by atoms with Crippen molar-refractivity contribution >= 4 is 5.91 Å². The number of likely N-dealkylation sites (tertiary alicyclic amines) is 1. The van der Waals surface area contributed by atoms with Gasteiger partial charge < -0.3 is 10.0 Å². The molecule has 1 aliphatic heterocycles. The van der Waals surface area contributed by atoms with Crippen molar-refractivity contribution in [2.45, 2.75) is 32.4 Å². The third-order valence-electron chi connectivity index (χ3n) is 5.58. The molecule has 4 rings (SSSR count). The van der Waals surface area contributed by atoms with Crippen molar-refractivity contribution in [3.05, 3.63) is 77.6 Å². The zero-order valence-electron chi connectivity index (χ0n) is 16.3. The molecule has 2 aromatic carbocycles. The summed E-state index contributed by atoms with van der Waals surface area (Å²) in [6, 6.07) is 15.5. The van der Waals surface area contributed by atoms with Gasteiger partial charge in [0.2, 0.25) is 0 Å². The predicted molar refractivity (Wildman–Crippen MR) is 109 cm³/mol. The van der Waals surface area contributed by atoms with E-state index in [1.165, 1.54) is 0 Å². The van der Waals surface area contributed by atoms with E-state index in [1.54, 1.807) is 4.90 Å². The molecule has 144 valence electrons. The maximum Gasteiger partial charge on any atom is 0.253 e. The predicted octanol–water partition coefficient (Wildman–Crippen LogP) is 3.61. The Morgan fingerprint density at radius 1 is 1.18 bits per heavy atom. The van der Waals surface area contributed by atoms with Crippen molar-refractivity contribution in [1.29, 1.82) is 0 Å². The van der Waals surface area contributed by atoms with E-state index in [0.717, 1.165) is 28.8 Å². The Hall–Kier alpha value is -2.92. The van der Waals surface area contributed by atoms with Gasteiger partial charge in [-0.2, -0.15) is 5.10 Å². The lowest BCUT2D eigenvalue weighted by Crippen LogP contribution is -2.34. The molecule has 0 spiro atoms. The number of rotatable bonds is 4. The molecule has 1 aliphatic rings. The highest BCUT2D eigenvalue weighted by Gasteiger charge is 2.40. The minimum atomic E-state index is -0.985. The first-order valence-corrected chi connectivity index (χ1v) is 9.71. The van der Waals surface area contributed by atoms with Crippen molar-refractivity contribution in [3.63, 3.8) is 0 Å². The first-order valence-electron chi connectivity index (χ1n) is 9.71. The van der Waals surface area contributed by atoms with E-state index in [9.17, 15) is 9.90 Å². The van der Waals surface area contributed by atoms with Crippen LogP contribution >= 0.6 is 0 Å². The van der Waals surface area contributed by atoms with E-state index in [2.05, 4.69) is 5.10 Å². The third-order valence-corrected chi connectivity index (χ3v) is 5.58. The van der Waals surface area contributed by atoms with Crippen LogP contribution in [0, 0.1) is 6.92 Å². The molecule has 3 aromatic rings. The molecule has 28 heavy (non-hydrogen) atoms. The summed E-state index contributed by atoms with van der Waals surface area (Å²) in [4.78, 5) is 14.8. The van der Waals surface area contributed by atoms with Gasteiger partial charge in [0, 0.05) is 30.4 Å². The molecule has 5 nitrogen and oxygen atoms in total. The van der Waals surface area contributed by atoms with Gasteiger partial charge in [0.05, 0.1) is 12.7 Å². The number of amides is 1. The smallest absolute Gasteiger partial charge is 0.253 e. The van der Waals surface area contributed by atoms with Crippen molar-refractivity contribution in [2.75, 3.05) is 13.1 Å². The summed E-state index contributed by atoms with van der Waals surface area (Å²) in [6.45, 7) is 5.71. The first kappa shape index (κ1) is 18.4. The molecule has 0 bridgehead atoms. The molecular weight excluding hydrogens is 350 g/mol. The first-order chi connectivity index (χ1) is 13.5. The number of β-amino-alcohol motifs (C(OH)–C–C–N with tert-alkyl or cyclic N) is 1. The summed E-state index contributed by atoms with van der Waals surface area (Å²) < 4.78 is 1.87. The fourth-order valence-corrected chi connectivity index (χ4v) is 3.98. The highest BCUT2D eigenvalue weighted by molar-refractivity contribution is 5.95. The number of hydrogen-bond acceptors (Lipinski definition) is 3. The summed E-state index contributed by atoms with van der Waals surface area (Å²) >= 11 is 0. The summed E-state index contributed by atoms with van der Waals surface area (Å²) in [5.74, 6) is -0.0470. The van der Waals surface area contributed by atoms with Crippen LogP contribution in [0.3, 0.4) is 0 Å². The fourth-order valence-electron chi connectivity index (χ4n) is 3.98. The SMILES string of the molecule is CCn1cc(-c2cccc(C(=O)N3CC[C@@](O)(c4ccccc4C)C3)c2)cn1. The van der Waals surface area contributed by atoms with Crippen molar-refractivity contribution < 1.29 is 9.90 Å². The molecule has 1 N–H and O–H groups in total. The van der Waals surface area contributed by atoms with Gasteiger partial charge in [-0.1, -0.05) is 36.4 Å². The Kier molecular flexibility index (Phi) is 4.77.